The zero-order chi connectivity index (χ0) is 28.0. The van der Waals surface area contributed by atoms with Gasteiger partial charge in [0.25, 0.3) is 11.6 Å². The van der Waals surface area contributed by atoms with Gasteiger partial charge in [0, 0.05) is 17.7 Å². The van der Waals surface area contributed by atoms with Crippen molar-refractivity contribution in [3.63, 3.8) is 0 Å². The van der Waals surface area contributed by atoms with E-state index >= 15 is 0 Å². The summed E-state index contributed by atoms with van der Waals surface area (Å²) in [6.45, 7) is 1.44. The molecule has 0 aliphatic heterocycles. The number of nitro benzene ring substituents is 1. The number of hydrazone groups is 1. The molecule has 0 fully saturated rings. The molecule has 3 aromatic carbocycles. The molecule has 1 N–H and O–H groups in total. The van der Waals surface area contributed by atoms with E-state index in [0.29, 0.717) is 28.6 Å². The average molecular weight is 549 g/mol. The Hall–Kier alpha value is -4.97. The van der Waals surface area contributed by atoms with Crippen molar-refractivity contribution in [1.29, 1.82) is 0 Å². The number of ether oxygens (including phenoxy) is 1. The number of nitrogens with zero attached hydrogens (tertiary/aromatic N) is 3. The molecule has 0 aliphatic carbocycles. The van der Waals surface area contributed by atoms with Crippen molar-refractivity contribution in [1.82, 2.24) is 5.43 Å². The predicted octanol–water partition coefficient (Wildman–Crippen LogP) is 4.95. The van der Waals surface area contributed by atoms with Gasteiger partial charge >= 0.3 is 0 Å². The van der Waals surface area contributed by atoms with Crippen molar-refractivity contribution in [3.05, 3.63) is 107 Å². The van der Waals surface area contributed by atoms with Crippen LogP contribution in [0.3, 0.4) is 0 Å². The van der Waals surface area contributed by atoms with Crippen LogP contribution < -0.4 is 14.5 Å². The summed E-state index contributed by atoms with van der Waals surface area (Å²) < 4.78 is 37.5. The first-order chi connectivity index (χ1) is 18.6. The first-order valence-corrected chi connectivity index (χ1v) is 13.5. The maximum Gasteiger partial charge on any atom is 0.269 e. The summed E-state index contributed by atoms with van der Waals surface area (Å²) in [6.07, 6.45) is 2.27. The zero-order valence-corrected chi connectivity index (χ0v) is 21.7. The second kappa shape index (κ2) is 11.6. The van der Waals surface area contributed by atoms with Crippen LogP contribution in [0, 0.1) is 10.1 Å². The van der Waals surface area contributed by atoms with Crippen molar-refractivity contribution >= 4 is 33.5 Å². The third-order valence-corrected chi connectivity index (χ3v) is 6.76. The summed E-state index contributed by atoms with van der Waals surface area (Å²) in [5.41, 5.74) is 3.20. The molecule has 4 aromatic rings. The molecule has 1 heterocycles. The lowest BCUT2D eigenvalue weighted by Gasteiger charge is -2.27. The second-order valence-corrected chi connectivity index (χ2v) is 10.2. The molecular formula is C27H24N4O7S. The van der Waals surface area contributed by atoms with Crippen LogP contribution >= 0.6 is 0 Å². The average Bonchev–Trinajstić information content (AvgIpc) is 3.38. The summed E-state index contributed by atoms with van der Waals surface area (Å²) in [5.74, 6) is 1.24. The smallest absolute Gasteiger partial charge is 0.269 e. The molecule has 1 amide bonds. The lowest BCUT2D eigenvalue weighted by atomic mass is 10.1. The van der Waals surface area contributed by atoms with E-state index in [9.17, 15) is 23.3 Å². The highest BCUT2D eigenvalue weighted by Gasteiger charge is 2.29. The van der Waals surface area contributed by atoms with Crippen LogP contribution in [0.2, 0.25) is 0 Å². The van der Waals surface area contributed by atoms with E-state index < -0.39 is 26.9 Å². The largest absolute Gasteiger partial charge is 0.457 e. The number of anilines is 1. The monoisotopic (exact) mass is 548 g/mol. The minimum atomic E-state index is -3.83. The number of carbonyl (C=O) groups is 1. The number of sulfonamides is 1. The van der Waals surface area contributed by atoms with E-state index in [1.54, 1.807) is 60.7 Å². The summed E-state index contributed by atoms with van der Waals surface area (Å²) in [6, 6.07) is 23.4. The van der Waals surface area contributed by atoms with Crippen LogP contribution in [0.1, 0.15) is 12.7 Å². The molecule has 0 saturated heterocycles. The number of amides is 1. The first-order valence-electron chi connectivity index (χ1n) is 11.6. The molecular weight excluding hydrogens is 524 g/mol. The first kappa shape index (κ1) is 27.1. The Morgan fingerprint density at radius 3 is 2.26 bits per heavy atom. The summed E-state index contributed by atoms with van der Waals surface area (Å²) in [5, 5.41) is 14.7. The van der Waals surface area contributed by atoms with Gasteiger partial charge in [-0.15, -0.1) is 0 Å². The third-order valence-electron chi connectivity index (χ3n) is 5.51. The Kier molecular flexibility index (Phi) is 8.06. The number of hydrogen-bond acceptors (Lipinski definition) is 8. The Morgan fingerprint density at radius 2 is 1.64 bits per heavy atom. The van der Waals surface area contributed by atoms with Gasteiger partial charge in [-0.3, -0.25) is 19.2 Å². The van der Waals surface area contributed by atoms with Crippen molar-refractivity contribution in [2.75, 3.05) is 10.6 Å². The normalized spacial score (nSPS) is 12.2. The molecule has 0 saturated carbocycles. The molecule has 0 radical (unpaired) electrons. The van der Waals surface area contributed by atoms with Gasteiger partial charge in [0.05, 0.1) is 23.1 Å². The van der Waals surface area contributed by atoms with Crippen LogP contribution in [0.15, 0.2) is 101 Å². The number of non-ortho nitro benzene ring substituents is 1. The molecule has 200 valence electrons. The lowest BCUT2D eigenvalue weighted by Crippen LogP contribution is -2.46. The molecule has 1 aromatic heterocycles. The van der Waals surface area contributed by atoms with Crippen LogP contribution in [-0.4, -0.2) is 37.8 Å². The van der Waals surface area contributed by atoms with Crippen molar-refractivity contribution in [2.24, 2.45) is 5.10 Å². The van der Waals surface area contributed by atoms with Crippen molar-refractivity contribution < 1.29 is 27.3 Å². The molecule has 4 rings (SSSR count). The Bertz CT molecular complexity index is 1580. The van der Waals surface area contributed by atoms with E-state index in [4.69, 9.17) is 9.15 Å². The Morgan fingerprint density at radius 1 is 1.00 bits per heavy atom. The van der Waals surface area contributed by atoms with E-state index in [1.165, 1.54) is 25.3 Å². The topological polar surface area (TPSA) is 144 Å². The minimum absolute atomic E-state index is 0.0384. The number of nitro groups is 1. The summed E-state index contributed by atoms with van der Waals surface area (Å²) in [7, 11) is -3.83. The van der Waals surface area contributed by atoms with Gasteiger partial charge in [-0.25, -0.2) is 13.8 Å². The molecule has 0 spiro atoms. The van der Waals surface area contributed by atoms with Gasteiger partial charge in [0.15, 0.2) is 0 Å². The number of carbonyl (C=O) groups excluding carboxylic acids is 1. The molecule has 0 unspecified atom stereocenters. The minimum Gasteiger partial charge on any atom is -0.457 e. The highest BCUT2D eigenvalue weighted by atomic mass is 32.2. The third kappa shape index (κ3) is 6.87. The number of nitrogens with one attached hydrogen (secondary N) is 1. The number of furan rings is 1. The predicted molar refractivity (Wildman–Crippen MR) is 146 cm³/mol. The lowest BCUT2D eigenvalue weighted by molar-refractivity contribution is -0.384. The van der Waals surface area contributed by atoms with Crippen LogP contribution in [0.4, 0.5) is 11.4 Å². The SMILES string of the molecule is C[C@@H](C(=O)N/N=C\c1ccc(-c2ccc([N+](=O)[O-])cc2)o1)N(c1ccc(Oc2ccccc2)cc1)S(C)(=O)=O. The van der Waals surface area contributed by atoms with Crippen molar-refractivity contribution in [3.8, 4) is 22.8 Å². The number of hydrogen-bond donors (Lipinski definition) is 1. The highest BCUT2D eigenvalue weighted by molar-refractivity contribution is 7.92. The van der Waals surface area contributed by atoms with Crippen molar-refractivity contribution in [2.45, 2.75) is 13.0 Å². The fourth-order valence-electron chi connectivity index (χ4n) is 3.67. The Balaban J connectivity index is 1.41. The molecule has 0 bridgehead atoms. The van der Waals surface area contributed by atoms with Gasteiger partial charge < -0.3 is 9.15 Å². The molecule has 39 heavy (non-hydrogen) atoms. The summed E-state index contributed by atoms with van der Waals surface area (Å²) >= 11 is 0. The number of para-hydroxylation sites is 1. The van der Waals surface area contributed by atoms with Gasteiger partial charge in [-0.05, 0) is 67.6 Å². The zero-order valence-electron chi connectivity index (χ0n) is 20.9. The van der Waals surface area contributed by atoms with Gasteiger partial charge in [-0.1, -0.05) is 18.2 Å². The fraction of sp³-hybridized carbons (Fsp3) is 0.111. The van der Waals surface area contributed by atoms with Crippen LogP contribution in [-0.2, 0) is 14.8 Å². The molecule has 0 aliphatic rings. The molecule has 12 heteroatoms. The van der Waals surface area contributed by atoms with Crippen LogP contribution in [0.25, 0.3) is 11.3 Å². The van der Waals surface area contributed by atoms with E-state index in [-0.39, 0.29) is 11.4 Å². The second-order valence-electron chi connectivity index (χ2n) is 8.38. The molecule has 11 nitrogen and oxygen atoms in total. The number of benzene rings is 3. The van der Waals surface area contributed by atoms with Crippen LogP contribution in [0.5, 0.6) is 11.5 Å². The van der Waals surface area contributed by atoms with Gasteiger partial charge in [0.2, 0.25) is 10.0 Å². The van der Waals surface area contributed by atoms with Gasteiger partial charge in [-0.2, -0.15) is 5.10 Å². The fourth-order valence-corrected chi connectivity index (χ4v) is 4.85. The quantitative estimate of drug-likeness (QED) is 0.168. The van der Waals surface area contributed by atoms with Gasteiger partial charge in [0.1, 0.15) is 29.1 Å². The van der Waals surface area contributed by atoms with E-state index in [2.05, 4.69) is 10.5 Å². The van der Waals surface area contributed by atoms with E-state index in [0.717, 1.165) is 10.6 Å². The highest BCUT2D eigenvalue weighted by Crippen LogP contribution is 2.27. The standard InChI is InChI=1S/C27H24N4O7S/c1-19(30(39(2,35)36)21-12-14-24(15-13-21)37-23-6-4-3-5-7-23)27(32)29-28-18-25-16-17-26(38-25)20-8-10-22(11-9-20)31(33)34/h3-19H,1-2H3,(H,29,32)/b28-18-/t19-/m0/s1. The molecule has 1 atom stereocenters. The Labute approximate surface area is 224 Å². The maximum atomic E-state index is 12.8. The van der Waals surface area contributed by atoms with E-state index in [1.807, 2.05) is 18.2 Å². The maximum absolute atomic E-state index is 12.8. The summed E-state index contributed by atoms with van der Waals surface area (Å²) in [4.78, 5) is 23.1. The number of rotatable bonds is 10.